The Morgan fingerprint density at radius 2 is 2.27 bits per heavy atom. The van der Waals surface area contributed by atoms with Crippen LogP contribution in [0.1, 0.15) is 30.5 Å². The molecule has 0 radical (unpaired) electrons. The number of hydrogen-bond donors (Lipinski definition) is 1. The third-order valence-corrected chi connectivity index (χ3v) is 2.91. The average Bonchev–Trinajstić information content (AvgIpc) is 2.40. The summed E-state index contributed by atoms with van der Waals surface area (Å²) in [6.07, 6.45) is 1.16. The van der Waals surface area contributed by atoms with Gasteiger partial charge in [0.05, 0.1) is 0 Å². The molecule has 11 heavy (non-hydrogen) atoms. The van der Waals surface area contributed by atoms with Crippen LogP contribution in [0, 0.1) is 6.92 Å². The maximum absolute atomic E-state index is 3.30. The summed E-state index contributed by atoms with van der Waals surface area (Å²) in [6, 6.07) is 0.543. The van der Waals surface area contributed by atoms with Gasteiger partial charge in [0.1, 0.15) is 0 Å². The average molecular weight is 169 g/mol. The standard InChI is InChI=1S/C9H15NS/c1-4-9(10-3)8-6-11-5-7(8)2/h5-6,9-10H,4H2,1-3H3. The van der Waals surface area contributed by atoms with Gasteiger partial charge >= 0.3 is 0 Å². The fourth-order valence-corrected chi connectivity index (χ4v) is 2.21. The summed E-state index contributed by atoms with van der Waals surface area (Å²) in [6.45, 7) is 4.38. The van der Waals surface area contributed by atoms with E-state index in [0.29, 0.717) is 6.04 Å². The van der Waals surface area contributed by atoms with E-state index in [0.717, 1.165) is 6.42 Å². The fourth-order valence-electron chi connectivity index (χ4n) is 1.31. The third kappa shape index (κ3) is 1.82. The van der Waals surface area contributed by atoms with Crippen LogP contribution < -0.4 is 5.32 Å². The minimum atomic E-state index is 0.543. The zero-order valence-electron chi connectivity index (χ0n) is 7.35. The summed E-state index contributed by atoms with van der Waals surface area (Å²) in [4.78, 5) is 0. The molecule has 1 unspecified atom stereocenters. The van der Waals surface area contributed by atoms with E-state index in [-0.39, 0.29) is 0 Å². The van der Waals surface area contributed by atoms with Crippen molar-refractivity contribution >= 4 is 11.3 Å². The van der Waals surface area contributed by atoms with Crippen molar-refractivity contribution < 1.29 is 0 Å². The first-order valence-electron chi connectivity index (χ1n) is 3.99. The summed E-state index contributed by atoms with van der Waals surface area (Å²) < 4.78 is 0. The molecular weight excluding hydrogens is 154 g/mol. The van der Waals surface area contributed by atoms with Crippen LogP contribution in [0.4, 0.5) is 0 Å². The highest BCUT2D eigenvalue weighted by Gasteiger charge is 2.08. The van der Waals surface area contributed by atoms with Crippen molar-refractivity contribution in [3.63, 3.8) is 0 Å². The van der Waals surface area contributed by atoms with E-state index in [1.54, 1.807) is 11.3 Å². The number of rotatable bonds is 3. The van der Waals surface area contributed by atoms with Gasteiger partial charge in [-0.05, 0) is 42.3 Å². The molecule has 2 heteroatoms. The van der Waals surface area contributed by atoms with Gasteiger partial charge < -0.3 is 5.32 Å². The van der Waals surface area contributed by atoms with Gasteiger partial charge in [-0.1, -0.05) is 6.92 Å². The Balaban J connectivity index is 2.81. The van der Waals surface area contributed by atoms with Crippen molar-refractivity contribution in [1.29, 1.82) is 0 Å². The molecule has 0 saturated heterocycles. The molecule has 0 fully saturated rings. The molecule has 1 atom stereocenters. The summed E-state index contributed by atoms with van der Waals surface area (Å²) in [5.41, 5.74) is 2.87. The van der Waals surface area contributed by atoms with Crippen LogP contribution in [-0.2, 0) is 0 Å². The largest absolute Gasteiger partial charge is 0.313 e. The molecule has 0 aliphatic carbocycles. The lowest BCUT2D eigenvalue weighted by Gasteiger charge is -2.12. The molecule has 0 bridgehead atoms. The molecule has 0 aliphatic rings. The van der Waals surface area contributed by atoms with Gasteiger partial charge in [0.15, 0.2) is 0 Å². The summed E-state index contributed by atoms with van der Waals surface area (Å²) in [5.74, 6) is 0. The van der Waals surface area contributed by atoms with Crippen molar-refractivity contribution in [3.8, 4) is 0 Å². The zero-order chi connectivity index (χ0) is 8.27. The Bertz CT molecular complexity index is 213. The van der Waals surface area contributed by atoms with E-state index < -0.39 is 0 Å². The SMILES string of the molecule is CCC(NC)c1cscc1C. The van der Waals surface area contributed by atoms with Crippen molar-refractivity contribution in [2.45, 2.75) is 26.3 Å². The predicted octanol–water partition coefficient (Wildman–Crippen LogP) is 2.73. The molecule has 0 saturated carbocycles. The Kier molecular flexibility index (Phi) is 3.09. The quantitative estimate of drug-likeness (QED) is 0.733. The van der Waals surface area contributed by atoms with Gasteiger partial charge in [0, 0.05) is 6.04 Å². The Morgan fingerprint density at radius 1 is 1.55 bits per heavy atom. The predicted molar refractivity (Wildman–Crippen MR) is 51.1 cm³/mol. The van der Waals surface area contributed by atoms with Crippen LogP contribution in [0.2, 0.25) is 0 Å². The molecule has 0 amide bonds. The number of thiophene rings is 1. The van der Waals surface area contributed by atoms with Crippen molar-refractivity contribution in [1.82, 2.24) is 5.32 Å². The maximum atomic E-state index is 3.30. The molecule has 1 aromatic heterocycles. The topological polar surface area (TPSA) is 12.0 Å². The van der Waals surface area contributed by atoms with Crippen LogP contribution in [0.3, 0.4) is 0 Å². The van der Waals surface area contributed by atoms with Gasteiger partial charge in [-0.2, -0.15) is 11.3 Å². The van der Waals surface area contributed by atoms with Crippen LogP contribution in [0.25, 0.3) is 0 Å². The minimum Gasteiger partial charge on any atom is -0.313 e. The van der Waals surface area contributed by atoms with E-state index >= 15 is 0 Å². The van der Waals surface area contributed by atoms with E-state index in [1.807, 2.05) is 7.05 Å². The zero-order valence-corrected chi connectivity index (χ0v) is 8.16. The van der Waals surface area contributed by atoms with Gasteiger partial charge in [-0.25, -0.2) is 0 Å². The molecule has 1 aromatic rings. The first-order chi connectivity index (χ1) is 5.29. The van der Waals surface area contributed by atoms with Gasteiger partial charge in [0.2, 0.25) is 0 Å². The van der Waals surface area contributed by atoms with Crippen molar-refractivity contribution in [2.75, 3.05) is 7.05 Å². The fraction of sp³-hybridized carbons (Fsp3) is 0.556. The van der Waals surface area contributed by atoms with Crippen LogP contribution >= 0.6 is 11.3 Å². The maximum Gasteiger partial charge on any atom is 0.0325 e. The second kappa shape index (κ2) is 3.88. The second-order valence-electron chi connectivity index (χ2n) is 2.76. The van der Waals surface area contributed by atoms with Crippen molar-refractivity contribution in [3.05, 3.63) is 21.9 Å². The van der Waals surface area contributed by atoms with Crippen LogP contribution in [-0.4, -0.2) is 7.05 Å². The Hall–Kier alpha value is -0.340. The van der Waals surface area contributed by atoms with Gasteiger partial charge in [-0.15, -0.1) is 0 Å². The highest BCUT2D eigenvalue weighted by molar-refractivity contribution is 7.08. The molecule has 0 spiro atoms. The van der Waals surface area contributed by atoms with Crippen molar-refractivity contribution in [2.24, 2.45) is 0 Å². The number of nitrogens with one attached hydrogen (secondary N) is 1. The lowest BCUT2D eigenvalue weighted by molar-refractivity contribution is 0.576. The molecule has 1 rings (SSSR count). The molecule has 62 valence electrons. The molecule has 0 aliphatic heterocycles. The third-order valence-electron chi connectivity index (χ3n) is 2.03. The van der Waals surface area contributed by atoms with Gasteiger partial charge in [-0.3, -0.25) is 0 Å². The molecule has 1 heterocycles. The molecular formula is C9H15NS. The normalized spacial score (nSPS) is 13.4. The van der Waals surface area contributed by atoms with E-state index in [2.05, 4.69) is 29.9 Å². The van der Waals surface area contributed by atoms with E-state index in [1.165, 1.54) is 11.1 Å². The second-order valence-corrected chi connectivity index (χ2v) is 3.50. The van der Waals surface area contributed by atoms with E-state index in [9.17, 15) is 0 Å². The van der Waals surface area contributed by atoms with Crippen LogP contribution in [0.15, 0.2) is 10.8 Å². The number of hydrogen-bond acceptors (Lipinski definition) is 2. The first-order valence-corrected chi connectivity index (χ1v) is 4.93. The highest BCUT2D eigenvalue weighted by Crippen LogP contribution is 2.23. The highest BCUT2D eigenvalue weighted by atomic mass is 32.1. The molecule has 1 N–H and O–H groups in total. The summed E-state index contributed by atoms with van der Waals surface area (Å²) in [7, 11) is 2.02. The Labute approximate surface area is 72.4 Å². The first kappa shape index (κ1) is 8.75. The lowest BCUT2D eigenvalue weighted by atomic mass is 10.1. The Morgan fingerprint density at radius 3 is 2.64 bits per heavy atom. The van der Waals surface area contributed by atoms with E-state index in [4.69, 9.17) is 0 Å². The molecule has 0 aromatic carbocycles. The smallest absolute Gasteiger partial charge is 0.0325 e. The summed E-state index contributed by atoms with van der Waals surface area (Å²) in [5, 5.41) is 7.74. The summed E-state index contributed by atoms with van der Waals surface area (Å²) >= 11 is 1.79. The molecule has 1 nitrogen and oxygen atoms in total. The minimum absolute atomic E-state index is 0.543. The van der Waals surface area contributed by atoms with Gasteiger partial charge in [0.25, 0.3) is 0 Å². The van der Waals surface area contributed by atoms with Crippen LogP contribution in [0.5, 0.6) is 0 Å². The lowest BCUT2D eigenvalue weighted by Crippen LogP contribution is -2.15. The monoisotopic (exact) mass is 169 g/mol. The number of aryl methyl sites for hydroxylation is 1.